The Morgan fingerprint density at radius 2 is 2.19 bits per heavy atom. The number of amides is 1. The summed E-state index contributed by atoms with van der Waals surface area (Å²) in [4.78, 5) is 17.6. The summed E-state index contributed by atoms with van der Waals surface area (Å²) in [5, 5.41) is 7.93. The van der Waals surface area contributed by atoms with Gasteiger partial charge in [0.05, 0.1) is 5.69 Å². The first-order valence-electron chi connectivity index (χ1n) is 7.41. The first kappa shape index (κ1) is 14.0. The summed E-state index contributed by atoms with van der Waals surface area (Å²) in [5.74, 6) is 0.178. The summed E-state index contributed by atoms with van der Waals surface area (Å²) in [5.41, 5.74) is 2.98. The minimum atomic E-state index is 0.178. The molecular weight excluding hydrogens is 266 g/mol. The molecule has 0 bridgehead atoms. The van der Waals surface area contributed by atoms with Gasteiger partial charge in [-0.1, -0.05) is 0 Å². The molecule has 1 aliphatic heterocycles. The predicted molar refractivity (Wildman–Crippen MR) is 79.8 cm³/mol. The maximum Gasteiger partial charge on any atom is 0.219 e. The molecule has 3 heterocycles. The van der Waals surface area contributed by atoms with Crippen LogP contribution in [0, 0.1) is 6.92 Å². The molecule has 1 amide bonds. The number of aromatic nitrogens is 3. The van der Waals surface area contributed by atoms with E-state index in [0.29, 0.717) is 6.04 Å². The number of nitrogens with zero attached hydrogens (tertiary/aromatic N) is 4. The molecule has 6 heteroatoms. The molecule has 3 rings (SSSR count). The van der Waals surface area contributed by atoms with Crippen LogP contribution < -0.4 is 5.32 Å². The molecule has 1 saturated heterocycles. The van der Waals surface area contributed by atoms with Gasteiger partial charge in [0.2, 0.25) is 5.91 Å². The molecule has 112 valence electrons. The summed E-state index contributed by atoms with van der Waals surface area (Å²) in [7, 11) is 0. The topological polar surface area (TPSA) is 62.5 Å². The number of nitrogens with one attached hydrogen (secondary N) is 1. The van der Waals surface area contributed by atoms with Crippen molar-refractivity contribution in [2.75, 3.05) is 13.1 Å². The van der Waals surface area contributed by atoms with E-state index in [1.165, 1.54) is 0 Å². The van der Waals surface area contributed by atoms with E-state index in [4.69, 9.17) is 0 Å². The molecule has 0 spiro atoms. The van der Waals surface area contributed by atoms with Gasteiger partial charge >= 0.3 is 0 Å². The van der Waals surface area contributed by atoms with Gasteiger partial charge in [-0.2, -0.15) is 5.10 Å². The zero-order valence-corrected chi connectivity index (χ0v) is 12.5. The lowest BCUT2D eigenvalue weighted by Gasteiger charge is -2.31. The Morgan fingerprint density at radius 1 is 1.43 bits per heavy atom. The summed E-state index contributed by atoms with van der Waals surface area (Å²) >= 11 is 0. The molecule has 0 saturated carbocycles. The summed E-state index contributed by atoms with van der Waals surface area (Å²) in [6.07, 6.45) is 5.94. The number of rotatable bonds is 3. The van der Waals surface area contributed by atoms with Crippen molar-refractivity contribution in [2.45, 2.75) is 39.3 Å². The van der Waals surface area contributed by atoms with E-state index in [0.717, 1.165) is 49.4 Å². The molecular formula is C15H21N5O. The van der Waals surface area contributed by atoms with Gasteiger partial charge in [0.25, 0.3) is 0 Å². The van der Waals surface area contributed by atoms with E-state index in [1.54, 1.807) is 6.92 Å². The molecule has 1 fully saturated rings. The van der Waals surface area contributed by atoms with Crippen LogP contribution in [0.2, 0.25) is 0 Å². The van der Waals surface area contributed by atoms with E-state index >= 15 is 0 Å². The van der Waals surface area contributed by atoms with Gasteiger partial charge < -0.3 is 10.2 Å². The SMILES string of the molecule is CC(=O)N1CCC(NCc2cnc3cc(C)nn3c2)CC1. The van der Waals surface area contributed by atoms with Crippen LogP contribution in [-0.4, -0.2) is 44.5 Å². The largest absolute Gasteiger partial charge is 0.343 e. The summed E-state index contributed by atoms with van der Waals surface area (Å²) in [6, 6.07) is 2.44. The first-order valence-corrected chi connectivity index (χ1v) is 7.41. The maximum atomic E-state index is 11.3. The quantitative estimate of drug-likeness (QED) is 0.919. The molecule has 0 aliphatic carbocycles. The van der Waals surface area contributed by atoms with Crippen LogP contribution in [0.4, 0.5) is 0 Å². The lowest BCUT2D eigenvalue weighted by atomic mass is 10.0. The highest BCUT2D eigenvalue weighted by Gasteiger charge is 2.20. The van der Waals surface area contributed by atoms with Gasteiger partial charge in [0.1, 0.15) is 0 Å². The molecule has 0 radical (unpaired) electrons. The van der Waals surface area contributed by atoms with Crippen LogP contribution in [0.1, 0.15) is 31.0 Å². The number of likely N-dealkylation sites (tertiary alicyclic amines) is 1. The average Bonchev–Trinajstić information content (AvgIpc) is 2.84. The third-order valence-electron chi connectivity index (χ3n) is 4.02. The zero-order chi connectivity index (χ0) is 14.8. The zero-order valence-electron chi connectivity index (χ0n) is 12.5. The van der Waals surface area contributed by atoms with Crippen molar-refractivity contribution < 1.29 is 4.79 Å². The van der Waals surface area contributed by atoms with Crippen molar-refractivity contribution in [3.63, 3.8) is 0 Å². The van der Waals surface area contributed by atoms with Crippen LogP contribution >= 0.6 is 0 Å². The number of hydrogen-bond donors (Lipinski definition) is 1. The molecule has 6 nitrogen and oxygen atoms in total. The third kappa shape index (κ3) is 3.21. The van der Waals surface area contributed by atoms with Gasteiger partial charge in [0, 0.05) is 56.6 Å². The van der Waals surface area contributed by atoms with E-state index < -0.39 is 0 Å². The highest BCUT2D eigenvalue weighted by molar-refractivity contribution is 5.73. The smallest absolute Gasteiger partial charge is 0.219 e. The van der Waals surface area contributed by atoms with E-state index in [1.807, 2.05) is 34.8 Å². The van der Waals surface area contributed by atoms with E-state index in [9.17, 15) is 4.79 Å². The second kappa shape index (κ2) is 5.81. The lowest BCUT2D eigenvalue weighted by molar-refractivity contribution is -0.129. The Morgan fingerprint density at radius 3 is 2.90 bits per heavy atom. The fourth-order valence-electron chi connectivity index (χ4n) is 2.79. The van der Waals surface area contributed by atoms with Crippen molar-refractivity contribution in [1.29, 1.82) is 0 Å². The Bertz CT molecular complexity index is 643. The highest BCUT2D eigenvalue weighted by atomic mass is 16.2. The van der Waals surface area contributed by atoms with Gasteiger partial charge in [0.15, 0.2) is 5.65 Å². The van der Waals surface area contributed by atoms with Gasteiger partial charge in [-0.3, -0.25) is 4.79 Å². The van der Waals surface area contributed by atoms with Crippen molar-refractivity contribution in [3.05, 3.63) is 29.7 Å². The minimum absolute atomic E-state index is 0.178. The number of piperidine rings is 1. The minimum Gasteiger partial charge on any atom is -0.343 e. The molecule has 21 heavy (non-hydrogen) atoms. The Kier molecular flexibility index (Phi) is 3.88. The molecule has 1 N–H and O–H groups in total. The number of fused-ring (bicyclic) bond motifs is 1. The molecule has 0 aromatic carbocycles. The normalized spacial score (nSPS) is 16.6. The molecule has 0 unspecified atom stereocenters. The van der Waals surface area contributed by atoms with Crippen LogP contribution in [0.25, 0.3) is 5.65 Å². The van der Waals surface area contributed by atoms with Crippen molar-refractivity contribution in [2.24, 2.45) is 0 Å². The van der Waals surface area contributed by atoms with Crippen molar-refractivity contribution in [3.8, 4) is 0 Å². The van der Waals surface area contributed by atoms with Gasteiger partial charge in [-0.05, 0) is 19.8 Å². The van der Waals surface area contributed by atoms with Crippen molar-refractivity contribution in [1.82, 2.24) is 24.8 Å². The van der Waals surface area contributed by atoms with E-state index in [2.05, 4.69) is 15.4 Å². The lowest BCUT2D eigenvalue weighted by Crippen LogP contribution is -2.43. The Hall–Kier alpha value is -1.95. The number of aryl methyl sites for hydroxylation is 1. The Labute approximate surface area is 124 Å². The molecule has 1 aliphatic rings. The summed E-state index contributed by atoms with van der Waals surface area (Å²) < 4.78 is 1.82. The third-order valence-corrected chi connectivity index (χ3v) is 4.02. The van der Waals surface area contributed by atoms with Gasteiger partial charge in [-0.25, -0.2) is 9.50 Å². The fourth-order valence-corrected chi connectivity index (χ4v) is 2.79. The second-order valence-electron chi connectivity index (χ2n) is 5.71. The Balaban J connectivity index is 1.56. The average molecular weight is 287 g/mol. The van der Waals surface area contributed by atoms with Gasteiger partial charge in [-0.15, -0.1) is 0 Å². The maximum absolute atomic E-state index is 11.3. The summed E-state index contributed by atoms with van der Waals surface area (Å²) in [6.45, 7) is 6.09. The van der Waals surface area contributed by atoms with Crippen LogP contribution in [-0.2, 0) is 11.3 Å². The number of carbonyl (C=O) groups is 1. The molecule has 2 aromatic heterocycles. The number of hydrogen-bond acceptors (Lipinski definition) is 4. The van der Waals surface area contributed by atoms with Crippen LogP contribution in [0.3, 0.4) is 0 Å². The second-order valence-corrected chi connectivity index (χ2v) is 5.71. The standard InChI is InChI=1S/C15H21N5O/c1-11-7-15-17-9-13(10-20(15)18-11)8-16-14-3-5-19(6-4-14)12(2)21/h7,9-10,14,16H,3-6,8H2,1-2H3. The van der Waals surface area contributed by atoms with Crippen LogP contribution in [0.15, 0.2) is 18.5 Å². The predicted octanol–water partition coefficient (Wildman–Crippen LogP) is 1.14. The van der Waals surface area contributed by atoms with Crippen LogP contribution in [0.5, 0.6) is 0 Å². The molecule has 0 atom stereocenters. The molecule has 2 aromatic rings. The van der Waals surface area contributed by atoms with E-state index in [-0.39, 0.29) is 5.91 Å². The first-order chi connectivity index (χ1) is 10.1. The number of carbonyl (C=O) groups excluding carboxylic acids is 1. The monoisotopic (exact) mass is 287 g/mol. The highest BCUT2D eigenvalue weighted by Crippen LogP contribution is 2.11. The fraction of sp³-hybridized carbons (Fsp3) is 0.533. The van der Waals surface area contributed by atoms with Crippen molar-refractivity contribution >= 4 is 11.6 Å².